The van der Waals surface area contributed by atoms with Gasteiger partial charge in [-0.05, 0) is 43.5 Å². The van der Waals surface area contributed by atoms with Crippen molar-refractivity contribution in [3.63, 3.8) is 0 Å². The average molecular weight is 343 g/mol. The number of hydrogen-bond donors (Lipinski definition) is 2. The van der Waals surface area contributed by atoms with Crippen molar-refractivity contribution in [3.8, 4) is 5.75 Å². The lowest BCUT2D eigenvalue weighted by Gasteiger charge is -2.13. The minimum atomic E-state index is -3.03. The largest absolute Gasteiger partial charge is 0.481 e. The summed E-state index contributed by atoms with van der Waals surface area (Å²) in [6.07, 6.45) is 1.50. The monoisotopic (exact) mass is 343 g/mol. The molecule has 0 spiro atoms. The quantitative estimate of drug-likeness (QED) is 0.680. The van der Waals surface area contributed by atoms with Gasteiger partial charge in [-0.15, -0.1) is 0 Å². The lowest BCUT2D eigenvalue weighted by molar-refractivity contribution is -0.139. The molecule has 0 atom stereocenters. The Morgan fingerprint density at radius 1 is 1.22 bits per heavy atom. The van der Waals surface area contributed by atoms with Crippen LogP contribution in [0.1, 0.15) is 27.9 Å². The van der Waals surface area contributed by atoms with E-state index >= 15 is 0 Å². The molecule has 128 valence electrons. The molecule has 0 saturated carbocycles. The highest BCUT2D eigenvalue weighted by Gasteiger charge is 2.13. The summed E-state index contributed by atoms with van der Waals surface area (Å²) in [5.74, 6) is -0.917. The van der Waals surface area contributed by atoms with E-state index in [0.29, 0.717) is 28.9 Å². The molecule has 1 aromatic rings. The first kappa shape index (κ1) is 19.0. The summed E-state index contributed by atoms with van der Waals surface area (Å²) < 4.78 is 27.2. The molecule has 1 amide bonds. The molecule has 7 nitrogen and oxygen atoms in total. The summed E-state index contributed by atoms with van der Waals surface area (Å²) in [5.41, 5.74) is 1.74. The number of ether oxygens (including phenoxy) is 1. The first-order valence-electron chi connectivity index (χ1n) is 7.02. The van der Waals surface area contributed by atoms with E-state index in [1.54, 1.807) is 26.0 Å². The van der Waals surface area contributed by atoms with E-state index in [9.17, 15) is 18.0 Å². The second-order valence-electron chi connectivity index (χ2n) is 5.36. The van der Waals surface area contributed by atoms with E-state index < -0.39 is 22.4 Å². The maximum Gasteiger partial charge on any atom is 0.341 e. The Labute approximate surface area is 135 Å². The lowest BCUT2D eigenvalue weighted by atomic mass is 10.1. The second kappa shape index (κ2) is 7.96. The molecule has 0 heterocycles. The topological polar surface area (TPSA) is 110 Å². The van der Waals surface area contributed by atoms with Gasteiger partial charge in [-0.3, -0.25) is 4.79 Å². The number of rotatable bonds is 8. The highest BCUT2D eigenvalue weighted by atomic mass is 32.2. The SMILES string of the molecule is Cc1cc(C(=O)NCCCS(C)(=O)=O)cc(C)c1OCC(=O)O. The second-order valence-corrected chi connectivity index (χ2v) is 7.62. The molecule has 0 aliphatic carbocycles. The molecule has 2 N–H and O–H groups in total. The zero-order chi connectivity index (χ0) is 17.6. The minimum absolute atomic E-state index is 0.0211. The third-order valence-electron chi connectivity index (χ3n) is 3.04. The van der Waals surface area contributed by atoms with Crippen molar-refractivity contribution in [2.45, 2.75) is 20.3 Å². The van der Waals surface area contributed by atoms with Gasteiger partial charge >= 0.3 is 5.97 Å². The van der Waals surface area contributed by atoms with Gasteiger partial charge in [0.2, 0.25) is 0 Å². The highest BCUT2D eigenvalue weighted by molar-refractivity contribution is 7.90. The van der Waals surface area contributed by atoms with Crippen LogP contribution < -0.4 is 10.1 Å². The lowest BCUT2D eigenvalue weighted by Crippen LogP contribution is -2.26. The van der Waals surface area contributed by atoms with Gasteiger partial charge in [-0.25, -0.2) is 13.2 Å². The van der Waals surface area contributed by atoms with Crippen LogP contribution in [-0.2, 0) is 14.6 Å². The maximum atomic E-state index is 12.1. The van der Waals surface area contributed by atoms with Crippen LogP contribution in [0.15, 0.2) is 12.1 Å². The average Bonchev–Trinajstić information content (AvgIpc) is 2.40. The number of sulfone groups is 1. The molecule has 0 radical (unpaired) electrons. The van der Waals surface area contributed by atoms with E-state index in [0.717, 1.165) is 6.26 Å². The maximum absolute atomic E-state index is 12.1. The molecule has 8 heteroatoms. The molecule has 1 aromatic carbocycles. The Morgan fingerprint density at radius 3 is 2.26 bits per heavy atom. The fourth-order valence-corrected chi connectivity index (χ4v) is 2.75. The molecule has 0 unspecified atom stereocenters. The molecule has 0 aromatic heterocycles. The predicted molar refractivity (Wildman–Crippen MR) is 85.7 cm³/mol. The zero-order valence-corrected chi connectivity index (χ0v) is 14.2. The summed E-state index contributed by atoms with van der Waals surface area (Å²) in [5, 5.41) is 11.3. The van der Waals surface area contributed by atoms with Gasteiger partial charge in [0.05, 0.1) is 5.75 Å². The fraction of sp³-hybridized carbons (Fsp3) is 0.467. The van der Waals surface area contributed by atoms with Crippen LogP contribution in [0.25, 0.3) is 0 Å². The van der Waals surface area contributed by atoms with Crippen LogP contribution in [-0.4, -0.2) is 50.6 Å². The van der Waals surface area contributed by atoms with Gasteiger partial charge in [-0.1, -0.05) is 0 Å². The van der Waals surface area contributed by atoms with Gasteiger partial charge in [0.15, 0.2) is 6.61 Å². The third kappa shape index (κ3) is 6.68. The number of carbonyl (C=O) groups excluding carboxylic acids is 1. The molecular formula is C15H21NO6S. The van der Waals surface area contributed by atoms with Crippen LogP contribution in [0.3, 0.4) is 0 Å². The Bertz CT molecular complexity index is 673. The van der Waals surface area contributed by atoms with Crippen molar-refractivity contribution in [1.82, 2.24) is 5.32 Å². The summed E-state index contributed by atoms with van der Waals surface area (Å²) in [6, 6.07) is 3.21. The van der Waals surface area contributed by atoms with E-state index in [4.69, 9.17) is 9.84 Å². The Kier molecular flexibility index (Phi) is 6.56. The van der Waals surface area contributed by atoms with Gasteiger partial charge in [0, 0.05) is 18.4 Å². The van der Waals surface area contributed by atoms with Crippen LogP contribution >= 0.6 is 0 Å². The van der Waals surface area contributed by atoms with Gasteiger partial charge in [0.25, 0.3) is 5.91 Å². The summed E-state index contributed by atoms with van der Waals surface area (Å²) in [4.78, 5) is 22.6. The first-order valence-corrected chi connectivity index (χ1v) is 9.08. The normalized spacial score (nSPS) is 11.1. The van der Waals surface area contributed by atoms with Crippen molar-refractivity contribution in [2.75, 3.05) is 25.2 Å². The molecule has 1 rings (SSSR count). The zero-order valence-electron chi connectivity index (χ0n) is 13.4. The van der Waals surface area contributed by atoms with Crippen LogP contribution in [0.4, 0.5) is 0 Å². The molecule has 23 heavy (non-hydrogen) atoms. The van der Waals surface area contributed by atoms with Crippen molar-refractivity contribution in [2.24, 2.45) is 0 Å². The van der Waals surface area contributed by atoms with Crippen molar-refractivity contribution in [1.29, 1.82) is 0 Å². The standard InChI is InChI=1S/C15H21NO6S/c1-10-7-12(8-11(2)14(10)22-9-13(17)18)15(19)16-5-4-6-23(3,20)21/h7-8H,4-6,9H2,1-3H3,(H,16,19)(H,17,18). The van der Waals surface area contributed by atoms with Gasteiger partial charge in [0.1, 0.15) is 15.6 Å². The number of benzene rings is 1. The van der Waals surface area contributed by atoms with Crippen molar-refractivity contribution < 1.29 is 27.9 Å². The van der Waals surface area contributed by atoms with Crippen molar-refractivity contribution in [3.05, 3.63) is 28.8 Å². The van der Waals surface area contributed by atoms with Crippen LogP contribution in [0.5, 0.6) is 5.75 Å². The number of carboxylic acids is 1. The molecule has 0 fully saturated rings. The minimum Gasteiger partial charge on any atom is -0.481 e. The Balaban J connectivity index is 2.70. The van der Waals surface area contributed by atoms with Crippen LogP contribution in [0.2, 0.25) is 0 Å². The number of carbonyl (C=O) groups is 2. The Morgan fingerprint density at radius 2 is 1.78 bits per heavy atom. The van der Waals surface area contributed by atoms with E-state index in [1.807, 2.05) is 0 Å². The number of aryl methyl sites for hydroxylation is 2. The number of carboxylic acid groups (broad SMARTS) is 1. The highest BCUT2D eigenvalue weighted by Crippen LogP contribution is 2.24. The first-order chi connectivity index (χ1) is 10.6. The van der Waals surface area contributed by atoms with Gasteiger partial charge < -0.3 is 15.2 Å². The summed E-state index contributed by atoms with van der Waals surface area (Å²) in [7, 11) is -3.03. The van der Waals surface area contributed by atoms with Gasteiger partial charge in [-0.2, -0.15) is 0 Å². The smallest absolute Gasteiger partial charge is 0.341 e. The Hall–Kier alpha value is -2.09. The molecule has 0 saturated heterocycles. The summed E-state index contributed by atoms with van der Waals surface area (Å²) >= 11 is 0. The van der Waals surface area contributed by atoms with Crippen molar-refractivity contribution >= 4 is 21.7 Å². The fourth-order valence-electron chi connectivity index (χ4n) is 2.08. The molecular weight excluding hydrogens is 322 g/mol. The van der Waals surface area contributed by atoms with E-state index in [1.165, 1.54) is 0 Å². The predicted octanol–water partition coefficient (Wildman–Crippen LogP) is 0.931. The third-order valence-corrected chi connectivity index (χ3v) is 4.07. The number of aliphatic carboxylic acids is 1. The molecule has 0 aliphatic heterocycles. The number of nitrogens with one attached hydrogen (secondary N) is 1. The number of hydrogen-bond acceptors (Lipinski definition) is 5. The summed E-state index contributed by atoms with van der Waals surface area (Å²) in [6.45, 7) is 3.27. The number of amides is 1. The molecule has 0 aliphatic rings. The van der Waals surface area contributed by atoms with E-state index in [-0.39, 0.29) is 18.2 Å². The molecule has 0 bridgehead atoms. The van der Waals surface area contributed by atoms with Crippen LogP contribution in [0, 0.1) is 13.8 Å². The van der Waals surface area contributed by atoms with E-state index in [2.05, 4.69) is 5.32 Å².